The Kier molecular flexibility index (Phi) is 6.54. The van der Waals surface area contributed by atoms with Crippen LogP contribution >= 0.6 is 0 Å². The van der Waals surface area contributed by atoms with Gasteiger partial charge in [-0.1, -0.05) is 24.8 Å². The molecule has 2 aromatic carbocycles. The predicted molar refractivity (Wildman–Crippen MR) is 111 cm³/mol. The van der Waals surface area contributed by atoms with Gasteiger partial charge in [-0.2, -0.15) is 0 Å². The van der Waals surface area contributed by atoms with Crippen LogP contribution in [0.4, 0.5) is 0 Å². The number of carbonyl (C=O) groups excluding carboxylic acids is 2. The highest BCUT2D eigenvalue weighted by Gasteiger charge is 2.45. The Morgan fingerprint density at radius 1 is 1.17 bits per heavy atom. The summed E-state index contributed by atoms with van der Waals surface area (Å²) in [4.78, 5) is 26.7. The van der Waals surface area contributed by atoms with Crippen molar-refractivity contribution in [3.05, 3.63) is 77.9 Å². The molecule has 0 aromatic heterocycles. The van der Waals surface area contributed by atoms with Gasteiger partial charge in [0.05, 0.1) is 25.3 Å². The van der Waals surface area contributed by atoms with Crippen LogP contribution in [0.1, 0.15) is 17.2 Å². The smallest absolute Gasteiger partial charge is 0.295 e. The van der Waals surface area contributed by atoms with Crippen molar-refractivity contribution in [1.29, 1.82) is 0 Å². The Morgan fingerprint density at radius 3 is 2.53 bits per heavy atom. The zero-order valence-electron chi connectivity index (χ0n) is 16.6. The van der Waals surface area contributed by atoms with E-state index in [1.54, 1.807) is 54.6 Å². The normalized spacial score (nSPS) is 17.8. The second-order valence-electron chi connectivity index (χ2n) is 6.62. The number of ketones is 1. The van der Waals surface area contributed by atoms with Crippen LogP contribution in [0.15, 0.2) is 66.8 Å². The van der Waals surface area contributed by atoms with E-state index in [-0.39, 0.29) is 24.5 Å². The van der Waals surface area contributed by atoms with Crippen molar-refractivity contribution in [1.82, 2.24) is 4.90 Å². The van der Waals surface area contributed by atoms with E-state index >= 15 is 0 Å². The number of rotatable bonds is 8. The van der Waals surface area contributed by atoms with Crippen molar-refractivity contribution in [3.8, 4) is 11.5 Å². The van der Waals surface area contributed by atoms with Gasteiger partial charge in [0.2, 0.25) is 0 Å². The molecule has 1 atom stereocenters. The van der Waals surface area contributed by atoms with Gasteiger partial charge < -0.3 is 24.6 Å². The Bertz CT molecular complexity index is 979. The van der Waals surface area contributed by atoms with Crippen molar-refractivity contribution in [3.63, 3.8) is 0 Å². The number of benzene rings is 2. The Balaban J connectivity index is 2.09. The zero-order valence-corrected chi connectivity index (χ0v) is 16.6. The van der Waals surface area contributed by atoms with E-state index in [1.807, 2.05) is 0 Å². The first-order chi connectivity index (χ1) is 14.5. The lowest BCUT2D eigenvalue weighted by Gasteiger charge is -2.24. The predicted octanol–water partition coefficient (Wildman–Crippen LogP) is 2.67. The molecule has 1 heterocycles. The summed E-state index contributed by atoms with van der Waals surface area (Å²) in [6.07, 6.45) is 1.62. The summed E-state index contributed by atoms with van der Waals surface area (Å²) in [7, 11) is 1.51. The summed E-state index contributed by atoms with van der Waals surface area (Å²) in [6.45, 7) is 3.57. The van der Waals surface area contributed by atoms with Crippen molar-refractivity contribution in [2.24, 2.45) is 0 Å². The summed E-state index contributed by atoms with van der Waals surface area (Å²) >= 11 is 0. The average molecular weight is 409 g/mol. The fraction of sp³-hybridized carbons (Fsp3) is 0.217. The SMILES string of the molecule is C=CCOc1ccc(/C(O)=C2/C(=O)C(=O)N(CCO)C2c2cccc(OC)c2)cc1. The van der Waals surface area contributed by atoms with Gasteiger partial charge in [0.25, 0.3) is 11.7 Å². The molecule has 1 unspecified atom stereocenters. The molecule has 1 fully saturated rings. The lowest BCUT2D eigenvalue weighted by Crippen LogP contribution is -2.32. The van der Waals surface area contributed by atoms with E-state index in [2.05, 4.69) is 6.58 Å². The third-order valence-corrected chi connectivity index (χ3v) is 4.79. The average Bonchev–Trinajstić information content (AvgIpc) is 3.03. The van der Waals surface area contributed by atoms with E-state index in [0.717, 1.165) is 0 Å². The summed E-state index contributed by atoms with van der Waals surface area (Å²) in [5.41, 5.74) is 0.923. The number of hydrogen-bond acceptors (Lipinski definition) is 6. The standard InChI is InChI=1S/C23H23NO6/c1-3-13-30-17-9-7-15(8-10-17)21(26)19-20(16-5-4-6-18(14-16)29-2)24(11-12-25)23(28)22(19)27/h3-10,14,20,25-26H,1,11-13H2,2H3/b21-19-. The van der Waals surface area contributed by atoms with Crippen molar-refractivity contribution >= 4 is 17.4 Å². The van der Waals surface area contributed by atoms with E-state index < -0.39 is 17.7 Å². The third-order valence-electron chi connectivity index (χ3n) is 4.79. The first kappa shape index (κ1) is 21.1. The summed E-state index contributed by atoms with van der Waals surface area (Å²) in [5, 5.41) is 20.4. The van der Waals surface area contributed by atoms with Crippen molar-refractivity contribution in [2.45, 2.75) is 6.04 Å². The van der Waals surface area contributed by atoms with Gasteiger partial charge >= 0.3 is 0 Å². The molecule has 1 aliphatic rings. The van der Waals surface area contributed by atoms with Gasteiger partial charge in [-0.25, -0.2) is 0 Å². The van der Waals surface area contributed by atoms with Crippen LogP contribution in [0.2, 0.25) is 0 Å². The van der Waals surface area contributed by atoms with Gasteiger partial charge in [-0.3, -0.25) is 9.59 Å². The molecule has 1 amide bonds. The maximum Gasteiger partial charge on any atom is 0.295 e. The molecular formula is C23H23NO6. The van der Waals surface area contributed by atoms with Crippen LogP contribution in [0.25, 0.3) is 5.76 Å². The van der Waals surface area contributed by atoms with Crippen LogP contribution < -0.4 is 9.47 Å². The first-order valence-corrected chi connectivity index (χ1v) is 9.39. The number of hydrogen-bond donors (Lipinski definition) is 2. The second kappa shape index (κ2) is 9.28. The molecule has 7 nitrogen and oxygen atoms in total. The number of aliphatic hydroxyl groups is 2. The molecule has 7 heteroatoms. The number of nitrogens with zero attached hydrogens (tertiary/aromatic N) is 1. The topological polar surface area (TPSA) is 96.3 Å². The number of Topliss-reactive ketones (excluding diaryl/α,β-unsaturated/α-hetero) is 1. The molecule has 2 N–H and O–H groups in total. The van der Waals surface area contributed by atoms with Crippen LogP contribution in [0.5, 0.6) is 11.5 Å². The number of amides is 1. The number of aliphatic hydroxyl groups excluding tert-OH is 2. The molecule has 156 valence electrons. The maximum absolute atomic E-state index is 12.8. The van der Waals surface area contributed by atoms with E-state index in [0.29, 0.717) is 29.2 Å². The van der Waals surface area contributed by atoms with Gasteiger partial charge in [-0.15, -0.1) is 0 Å². The molecule has 2 aromatic rings. The molecule has 0 radical (unpaired) electrons. The highest BCUT2D eigenvalue weighted by atomic mass is 16.5. The lowest BCUT2D eigenvalue weighted by atomic mass is 9.95. The number of β-amino-alcohol motifs (C(OH)–C–C–N with tert-alkyl or cyclic N) is 1. The number of carbonyl (C=O) groups is 2. The summed E-state index contributed by atoms with van der Waals surface area (Å²) in [5.74, 6) is -0.746. The minimum absolute atomic E-state index is 0.0403. The molecule has 30 heavy (non-hydrogen) atoms. The zero-order chi connectivity index (χ0) is 21.7. The van der Waals surface area contributed by atoms with Crippen LogP contribution in [0.3, 0.4) is 0 Å². The van der Waals surface area contributed by atoms with Gasteiger partial charge in [0.15, 0.2) is 0 Å². The molecule has 1 aliphatic heterocycles. The van der Waals surface area contributed by atoms with E-state index in [1.165, 1.54) is 12.0 Å². The first-order valence-electron chi connectivity index (χ1n) is 9.39. The fourth-order valence-electron chi connectivity index (χ4n) is 3.40. The summed E-state index contributed by atoms with van der Waals surface area (Å²) < 4.78 is 10.7. The van der Waals surface area contributed by atoms with Crippen molar-refractivity contribution < 1.29 is 29.3 Å². The minimum Gasteiger partial charge on any atom is -0.507 e. The maximum atomic E-state index is 12.8. The number of likely N-dealkylation sites (tertiary alicyclic amines) is 1. The van der Waals surface area contributed by atoms with E-state index in [4.69, 9.17) is 9.47 Å². The third kappa shape index (κ3) is 4.06. The van der Waals surface area contributed by atoms with Gasteiger partial charge in [0, 0.05) is 12.1 Å². The van der Waals surface area contributed by atoms with Gasteiger partial charge in [-0.05, 0) is 42.0 Å². The highest BCUT2D eigenvalue weighted by molar-refractivity contribution is 6.46. The van der Waals surface area contributed by atoms with Crippen LogP contribution in [0, 0.1) is 0 Å². The van der Waals surface area contributed by atoms with Gasteiger partial charge in [0.1, 0.15) is 23.9 Å². The molecule has 0 aliphatic carbocycles. The van der Waals surface area contributed by atoms with Crippen LogP contribution in [-0.2, 0) is 9.59 Å². The molecule has 3 rings (SSSR count). The molecule has 0 spiro atoms. The molecule has 0 bridgehead atoms. The number of methoxy groups -OCH3 is 1. The van der Waals surface area contributed by atoms with Crippen LogP contribution in [-0.4, -0.2) is 53.7 Å². The largest absolute Gasteiger partial charge is 0.507 e. The fourth-order valence-corrected chi connectivity index (χ4v) is 3.40. The highest BCUT2D eigenvalue weighted by Crippen LogP contribution is 2.40. The minimum atomic E-state index is -0.844. The Hall–Kier alpha value is -3.58. The Morgan fingerprint density at radius 2 is 1.90 bits per heavy atom. The molecular weight excluding hydrogens is 386 g/mol. The Labute approximate surface area is 174 Å². The number of ether oxygens (including phenoxy) is 2. The van der Waals surface area contributed by atoms with E-state index in [9.17, 15) is 19.8 Å². The molecule has 0 saturated carbocycles. The summed E-state index contributed by atoms with van der Waals surface area (Å²) in [6, 6.07) is 12.6. The van der Waals surface area contributed by atoms with Crippen molar-refractivity contribution in [2.75, 3.05) is 26.9 Å². The quantitative estimate of drug-likeness (QED) is 0.301. The monoisotopic (exact) mass is 409 g/mol. The second-order valence-corrected chi connectivity index (χ2v) is 6.62. The lowest BCUT2D eigenvalue weighted by molar-refractivity contribution is -0.140. The molecule has 1 saturated heterocycles.